The highest BCUT2D eigenvalue weighted by Gasteiger charge is 2.18. The average Bonchev–Trinajstić information content (AvgIpc) is 3.25. The van der Waals surface area contributed by atoms with E-state index in [1.54, 1.807) is 0 Å². The fraction of sp³-hybridized carbons (Fsp3) is 0.222. The van der Waals surface area contributed by atoms with Crippen molar-refractivity contribution in [3.05, 3.63) is 83.4 Å². The van der Waals surface area contributed by atoms with Crippen LogP contribution in [0.25, 0.3) is 17.1 Å². The summed E-state index contributed by atoms with van der Waals surface area (Å²) in [4.78, 5) is 12.7. The summed E-state index contributed by atoms with van der Waals surface area (Å²) < 4.78 is 7.57. The van der Waals surface area contributed by atoms with E-state index in [9.17, 15) is 4.79 Å². The van der Waals surface area contributed by atoms with Gasteiger partial charge in [-0.05, 0) is 63.6 Å². The van der Waals surface area contributed by atoms with E-state index in [1.165, 1.54) is 17.3 Å². The number of benzene rings is 3. The summed E-state index contributed by atoms with van der Waals surface area (Å²) in [7, 11) is 0. The summed E-state index contributed by atoms with van der Waals surface area (Å²) >= 11 is 1.36. The van der Waals surface area contributed by atoms with E-state index < -0.39 is 0 Å². The number of nitrogens with one attached hydrogen (secondary N) is 1. The third-order valence-electron chi connectivity index (χ3n) is 5.34. The molecule has 34 heavy (non-hydrogen) atoms. The third-order valence-corrected chi connectivity index (χ3v) is 6.27. The fourth-order valence-corrected chi connectivity index (χ4v) is 4.37. The van der Waals surface area contributed by atoms with Crippen molar-refractivity contribution in [1.29, 1.82) is 0 Å². The first-order valence-electron chi connectivity index (χ1n) is 11.2. The van der Waals surface area contributed by atoms with Crippen LogP contribution in [0.5, 0.6) is 5.75 Å². The minimum Gasteiger partial charge on any atom is -0.494 e. The molecule has 174 valence electrons. The zero-order valence-electron chi connectivity index (χ0n) is 19.8. The lowest BCUT2D eigenvalue weighted by molar-refractivity contribution is -0.113. The minimum atomic E-state index is -0.0879. The monoisotopic (exact) mass is 472 g/mol. The van der Waals surface area contributed by atoms with E-state index in [0.29, 0.717) is 11.8 Å². The molecule has 1 heterocycles. The second kappa shape index (κ2) is 10.6. The number of amides is 1. The largest absolute Gasteiger partial charge is 0.494 e. The van der Waals surface area contributed by atoms with Gasteiger partial charge in [-0.1, -0.05) is 59.3 Å². The summed E-state index contributed by atoms with van der Waals surface area (Å²) in [6, 6.07) is 22.0. The molecular weight excluding hydrogens is 444 g/mol. The van der Waals surface area contributed by atoms with Crippen LogP contribution in [0.15, 0.2) is 71.9 Å². The molecule has 7 heteroatoms. The van der Waals surface area contributed by atoms with E-state index in [4.69, 9.17) is 4.74 Å². The smallest absolute Gasteiger partial charge is 0.234 e. The lowest BCUT2D eigenvalue weighted by Gasteiger charge is -2.12. The van der Waals surface area contributed by atoms with Gasteiger partial charge in [0.2, 0.25) is 5.91 Å². The highest BCUT2D eigenvalue weighted by atomic mass is 32.2. The van der Waals surface area contributed by atoms with Crippen LogP contribution in [-0.2, 0) is 4.79 Å². The Balaban J connectivity index is 1.60. The molecule has 0 saturated carbocycles. The Morgan fingerprint density at radius 2 is 1.65 bits per heavy atom. The highest BCUT2D eigenvalue weighted by molar-refractivity contribution is 7.99. The normalized spacial score (nSPS) is 10.8. The predicted molar refractivity (Wildman–Crippen MR) is 138 cm³/mol. The first-order chi connectivity index (χ1) is 16.4. The van der Waals surface area contributed by atoms with Crippen molar-refractivity contribution in [3.8, 4) is 22.8 Å². The van der Waals surface area contributed by atoms with Gasteiger partial charge in [0.05, 0.1) is 12.4 Å². The van der Waals surface area contributed by atoms with Gasteiger partial charge in [-0.2, -0.15) is 0 Å². The third kappa shape index (κ3) is 5.48. The Bertz CT molecular complexity index is 1280. The van der Waals surface area contributed by atoms with Crippen molar-refractivity contribution >= 4 is 23.4 Å². The molecule has 3 aromatic carbocycles. The standard InChI is InChI=1S/C27H28N4O2S/c1-5-33-23-13-11-22(12-14-23)31-26(21-9-6-18(2)7-10-21)29-30-27(31)34-17-25(32)28-24-15-8-19(3)16-20(24)4/h6-16H,5,17H2,1-4H3,(H,28,32). The second-order valence-electron chi connectivity index (χ2n) is 8.09. The number of aromatic nitrogens is 3. The summed E-state index contributed by atoms with van der Waals surface area (Å²) in [5.41, 5.74) is 6.06. The zero-order valence-corrected chi connectivity index (χ0v) is 20.6. The summed E-state index contributed by atoms with van der Waals surface area (Å²) in [6.45, 7) is 8.65. The molecule has 0 aliphatic rings. The van der Waals surface area contributed by atoms with Gasteiger partial charge in [-0.25, -0.2) is 0 Å². The first-order valence-corrected chi connectivity index (χ1v) is 12.2. The van der Waals surface area contributed by atoms with E-state index >= 15 is 0 Å². The highest BCUT2D eigenvalue weighted by Crippen LogP contribution is 2.29. The van der Waals surface area contributed by atoms with Gasteiger partial charge in [0.15, 0.2) is 11.0 Å². The van der Waals surface area contributed by atoms with Crippen LogP contribution >= 0.6 is 11.8 Å². The van der Waals surface area contributed by atoms with Gasteiger partial charge in [-0.15, -0.1) is 10.2 Å². The van der Waals surface area contributed by atoms with Crippen molar-refractivity contribution in [2.75, 3.05) is 17.7 Å². The molecule has 1 N–H and O–H groups in total. The quantitative estimate of drug-likeness (QED) is 0.319. The van der Waals surface area contributed by atoms with Crippen LogP contribution in [0.1, 0.15) is 23.6 Å². The molecular formula is C27H28N4O2S. The number of anilines is 1. The number of ether oxygens (including phenoxy) is 1. The number of hydrogen-bond donors (Lipinski definition) is 1. The summed E-state index contributed by atoms with van der Waals surface area (Å²) in [5, 5.41) is 12.5. The van der Waals surface area contributed by atoms with Crippen molar-refractivity contribution in [1.82, 2.24) is 14.8 Å². The zero-order chi connectivity index (χ0) is 24.1. The van der Waals surface area contributed by atoms with Gasteiger partial charge in [0.1, 0.15) is 5.75 Å². The number of nitrogens with zero attached hydrogens (tertiary/aromatic N) is 3. The molecule has 0 spiro atoms. The summed E-state index contributed by atoms with van der Waals surface area (Å²) in [5.74, 6) is 1.66. The fourth-order valence-electron chi connectivity index (χ4n) is 3.61. The molecule has 0 atom stereocenters. The van der Waals surface area contributed by atoms with Crippen LogP contribution < -0.4 is 10.1 Å². The van der Waals surface area contributed by atoms with Gasteiger partial charge in [-0.3, -0.25) is 9.36 Å². The molecule has 0 aliphatic heterocycles. The van der Waals surface area contributed by atoms with Crippen LogP contribution in [0.2, 0.25) is 0 Å². The molecule has 0 saturated heterocycles. The molecule has 0 aliphatic carbocycles. The molecule has 0 unspecified atom stereocenters. The number of rotatable bonds is 8. The van der Waals surface area contributed by atoms with Gasteiger partial charge < -0.3 is 10.1 Å². The van der Waals surface area contributed by atoms with Crippen LogP contribution in [0, 0.1) is 20.8 Å². The number of thioether (sulfide) groups is 1. The van der Waals surface area contributed by atoms with E-state index in [2.05, 4.69) is 40.6 Å². The maximum absolute atomic E-state index is 12.7. The number of carbonyl (C=O) groups is 1. The maximum Gasteiger partial charge on any atom is 0.234 e. The van der Waals surface area contributed by atoms with Crippen LogP contribution in [0.3, 0.4) is 0 Å². The van der Waals surface area contributed by atoms with Crippen molar-refractivity contribution in [3.63, 3.8) is 0 Å². The SMILES string of the molecule is CCOc1ccc(-n2c(SCC(=O)Nc3ccc(C)cc3C)nnc2-c2ccc(C)cc2)cc1. The number of carbonyl (C=O) groups excluding carboxylic acids is 1. The Morgan fingerprint density at radius 3 is 2.32 bits per heavy atom. The van der Waals surface area contributed by atoms with Crippen molar-refractivity contribution in [2.24, 2.45) is 0 Å². The molecule has 1 amide bonds. The van der Waals surface area contributed by atoms with E-state index in [1.807, 2.05) is 73.9 Å². The Hall–Kier alpha value is -3.58. The molecule has 1 aromatic heterocycles. The Morgan fingerprint density at radius 1 is 0.941 bits per heavy atom. The van der Waals surface area contributed by atoms with Crippen LogP contribution in [0.4, 0.5) is 5.69 Å². The van der Waals surface area contributed by atoms with Crippen molar-refractivity contribution < 1.29 is 9.53 Å². The topological polar surface area (TPSA) is 69.0 Å². The van der Waals surface area contributed by atoms with Crippen LogP contribution in [-0.4, -0.2) is 33.0 Å². The molecule has 4 rings (SSSR count). The van der Waals surface area contributed by atoms with Crippen molar-refractivity contribution in [2.45, 2.75) is 32.9 Å². The Kier molecular flexibility index (Phi) is 7.33. The number of hydrogen-bond acceptors (Lipinski definition) is 5. The maximum atomic E-state index is 12.7. The summed E-state index contributed by atoms with van der Waals surface area (Å²) in [6.07, 6.45) is 0. The lowest BCUT2D eigenvalue weighted by atomic mass is 10.1. The number of aryl methyl sites for hydroxylation is 3. The molecule has 0 bridgehead atoms. The van der Waals surface area contributed by atoms with E-state index in [0.717, 1.165) is 39.6 Å². The Labute approximate surface area is 204 Å². The predicted octanol–water partition coefficient (Wildman–Crippen LogP) is 5.99. The van der Waals surface area contributed by atoms with Gasteiger partial charge in [0, 0.05) is 16.9 Å². The second-order valence-corrected chi connectivity index (χ2v) is 9.03. The lowest BCUT2D eigenvalue weighted by Crippen LogP contribution is -2.15. The molecule has 4 aromatic rings. The van der Waals surface area contributed by atoms with Gasteiger partial charge >= 0.3 is 0 Å². The molecule has 0 radical (unpaired) electrons. The first kappa shape index (κ1) is 23.6. The minimum absolute atomic E-state index is 0.0879. The molecule has 0 fully saturated rings. The van der Waals surface area contributed by atoms with E-state index in [-0.39, 0.29) is 11.7 Å². The van der Waals surface area contributed by atoms with Gasteiger partial charge in [0.25, 0.3) is 0 Å². The average molecular weight is 473 g/mol. The molecule has 6 nitrogen and oxygen atoms in total.